The predicted octanol–water partition coefficient (Wildman–Crippen LogP) is 4.45. The normalized spacial score (nSPS) is 10.3. The van der Waals surface area contributed by atoms with Gasteiger partial charge in [-0.05, 0) is 36.2 Å². The van der Waals surface area contributed by atoms with E-state index in [1.807, 2.05) is 24.3 Å². The molecular formula is C20H21N5O4. The molecule has 2 aromatic carbocycles. The molecule has 0 saturated carbocycles. The maximum Gasteiger partial charge on any atom is 0.353 e. The van der Waals surface area contributed by atoms with Crippen LogP contribution < -0.4 is 20.1 Å². The molecular weight excluding hydrogens is 374 g/mol. The zero-order valence-corrected chi connectivity index (χ0v) is 16.3. The van der Waals surface area contributed by atoms with Gasteiger partial charge in [0, 0.05) is 11.8 Å². The standard InChI is InChI=1S/C20H21N5O4/c1-4-13-5-7-14(8-6-13)23-19-18(25(26)27)20(22-12-21-19)24-16-10-9-15(28-2)11-17(16)29-3/h5-12H,4H2,1-3H3,(H2,21,22,23,24). The zero-order valence-electron chi connectivity index (χ0n) is 16.3. The Morgan fingerprint density at radius 1 is 1.00 bits per heavy atom. The molecule has 29 heavy (non-hydrogen) atoms. The number of nitrogens with one attached hydrogen (secondary N) is 2. The fraction of sp³-hybridized carbons (Fsp3) is 0.200. The maximum atomic E-state index is 11.8. The van der Waals surface area contributed by atoms with E-state index >= 15 is 0 Å². The molecule has 0 aliphatic rings. The Labute approximate surface area is 167 Å². The van der Waals surface area contributed by atoms with Crippen LogP contribution in [0, 0.1) is 10.1 Å². The summed E-state index contributed by atoms with van der Waals surface area (Å²) < 4.78 is 10.5. The molecule has 2 N–H and O–H groups in total. The van der Waals surface area contributed by atoms with Gasteiger partial charge in [0.05, 0.1) is 24.8 Å². The van der Waals surface area contributed by atoms with Gasteiger partial charge in [-0.25, -0.2) is 9.97 Å². The van der Waals surface area contributed by atoms with Crippen molar-refractivity contribution in [3.05, 3.63) is 64.5 Å². The Balaban J connectivity index is 1.95. The van der Waals surface area contributed by atoms with Crippen LogP contribution in [0.4, 0.5) is 28.7 Å². The van der Waals surface area contributed by atoms with Crippen LogP contribution >= 0.6 is 0 Å². The van der Waals surface area contributed by atoms with E-state index in [9.17, 15) is 10.1 Å². The molecule has 0 bridgehead atoms. The van der Waals surface area contributed by atoms with Gasteiger partial charge < -0.3 is 20.1 Å². The quantitative estimate of drug-likeness (QED) is 0.425. The highest BCUT2D eigenvalue weighted by Crippen LogP contribution is 2.36. The molecule has 1 aromatic heterocycles. The summed E-state index contributed by atoms with van der Waals surface area (Å²) in [6, 6.07) is 12.7. The third-order valence-corrected chi connectivity index (χ3v) is 4.29. The van der Waals surface area contributed by atoms with Crippen molar-refractivity contribution in [2.75, 3.05) is 24.9 Å². The van der Waals surface area contributed by atoms with Crippen LogP contribution in [0.1, 0.15) is 12.5 Å². The van der Waals surface area contributed by atoms with Crippen molar-refractivity contribution in [2.24, 2.45) is 0 Å². The molecule has 0 aliphatic carbocycles. The van der Waals surface area contributed by atoms with Crippen molar-refractivity contribution >= 4 is 28.7 Å². The second-order valence-corrected chi connectivity index (χ2v) is 6.04. The number of hydrogen-bond acceptors (Lipinski definition) is 8. The average Bonchev–Trinajstić information content (AvgIpc) is 2.74. The van der Waals surface area contributed by atoms with Gasteiger partial charge in [-0.3, -0.25) is 10.1 Å². The third-order valence-electron chi connectivity index (χ3n) is 4.29. The summed E-state index contributed by atoms with van der Waals surface area (Å²) in [5.74, 6) is 1.19. The van der Waals surface area contributed by atoms with Crippen LogP contribution in [0.15, 0.2) is 48.8 Å². The van der Waals surface area contributed by atoms with Gasteiger partial charge in [0.1, 0.15) is 17.8 Å². The SMILES string of the molecule is CCc1ccc(Nc2ncnc(Nc3ccc(OC)cc3OC)c2[N+](=O)[O-])cc1. The lowest BCUT2D eigenvalue weighted by molar-refractivity contribution is -0.383. The van der Waals surface area contributed by atoms with Gasteiger partial charge in [0.2, 0.25) is 11.6 Å². The number of hydrogen-bond donors (Lipinski definition) is 2. The largest absolute Gasteiger partial charge is 0.497 e. The lowest BCUT2D eigenvalue weighted by Crippen LogP contribution is -2.06. The number of rotatable bonds is 8. The Morgan fingerprint density at radius 2 is 1.69 bits per heavy atom. The van der Waals surface area contributed by atoms with Crippen molar-refractivity contribution < 1.29 is 14.4 Å². The van der Waals surface area contributed by atoms with Crippen LogP contribution in [-0.4, -0.2) is 29.1 Å². The summed E-state index contributed by atoms with van der Waals surface area (Å²) in [5.41, 5.74) is 2.09. The monoisotopic (exact) mass is 395 g/mol. The number of aryl methyl sites for hydroxylation is 1. The minimum Gasteiger partial charge on any atom is -0.497 e. The van der Waals surface area contributed by atoms with E-state index in [0.29, 0.717) is 22.9 Å². The van der Waals surface area contributed by atoms with E-state index in [0.717, 1.165) is 6.42 Å². The zero-order chi connectivity index (χ0) is 20.8. The minimum absolute atomic E-state index is 0.0427. The van der Waals surface area contributed by atoms with Crippen LogP contribution in [0.25, 0.3) is 0 Å². The highest BCUT2D eigenvalue weighted by atomic mass is 16.6. The highest BCUT2D eigenvalue weighted by molar-refractivity contribution is 5.78. The molecule has 0 fully saturated rings. The Bertz CT molecular complexity index is 1010. The van der Waals surface area contributed by atoms with Gasteiger partial charge in [0.25, 0.3) is 0 Å². The van der Waals surface area contributed by atoms with Gasteiger partial charge in [-0.15, -0.1) is 0 Å². The summed E-state index contributed by atoms with van der Waals surface area (Å²) in [7, 11) is 3.05. The van der Waals surface area contributed by atoms with Gasteiger partial charge in [0.15, 0.2) is 0 Å². The number of methoxy groups -OCH3 is 2. The van der Waals surface area contributed by atoms with E-state index in [-0.39, 0.29) is 17.3 Å². The summed E-state index contributed by atoms with van der Waals surface area (Å²) in [4.78, 5) is 19.4. The number of anilines is 4. The first-order valence-electron chi connectivity index (χ1n) is 8.90. The first-order chi connectivity index (χ1) is 14.0. The lowest BCUT2D eigenvalue weighted by Gasteiger charge is -2.13. The molecule has 9 heteroatoms. The molecule has 0 aliphatic heterocycles. The van der Waals surface area contributed by atoms with E-state index in [1.54, 1.807) is 25.3 Å². The topological polar surface area (TPSA) is 111 Å². The highest BCUT2D eigenvalue weighted by Gasteiger charge is 2.24. The molecule has 9 nitrogen and oxygen atoms in total. The molecule has 0 atom stereocenters. The van der Waals surface area contributed by atoms with Crippen LogP contribution in [0.2, 0.25) is 0 Å². The van der Waals surface area contributed by atoms with Crippen molar-refractivity contribution in [2.45, 2.75) is 13.3 Å². The Morgan fingerprint density at radius 3 is 2.28 bits per heavy atom. The third kappa shape index (κ3) is 4.52. The van der Waals surface area contributed by atoms with Crippen molar-refractivity contribution in [3.8, 4) is 11.5 Å². The number of nitrogens with zero attached hydrogens (tertiary/aromatic N) is 3. The summed E-state index contributed by atoms with van der Waals surface area (Å²) in [5, 5.41) is 17.7. The number of nitro groups is 1. The molecule has 0 amide bonds. The first kappa shape index (κ1) is 19.9. The van der Waals surface area contributed by atoms with Crippen LogP contribution in [-0.2, 0) is 6.42 Å². The molecule has 0 unspecified atom stereocenters. The predicted molar refractivity (Wildman–Crippen MR) is 111 cm³/mol. The molecule has 150 valence electrons. The minimum atomic E-state index is -0.527. The van der Waals surface area contributed by atoms with E-state index in [1.165, 1.54) is 19.0 Å². The molecule has 0 spiro atoms. The van der Waals surface area contributed by atoms with E-state index in [2.05, 4.69) is 27.5 Å². The van der Waals surface area contributed by atoms with Gasteiger partial charge >= 0.3 is 5.69 Å². The first-order valence-corrected chi connectivity index (χ1v) is 8.90. The second-order valence-electron chi connectivity index (χ2n) is 6.04. The Kier molecular flexibility index (Phi) is 6.08. The average molecular weight is 395 g/mol. The smallest absolute Gasteiger partial charge is 0.353 e. The fourth-order valence-corrected chi connectivity index (χ4v) is 2.72. The van der Waals surface area contributed by atoms with E-state index < -0.39 is 4.92 Å². The fourth-order valence-electron chi connectivity index (χ4n) is 2.72. The molecule has 3 aromatic rings. The molecule has 1 heterocycles. The summed E-state index contributed by atoms with van der Waals surface area (Å²) in [6.45, 7) is 2.06. The molecule has 0 radical (unpaired) electrons. The van der Waals surface area contributed by atoms with Crippen molar-refractivity contribution in [1.29, 1.82) is 0 Å². The van der Waals surface area contributed by atoms with Crippen LogP contribution in [0.5, 0.6) is 11.5 Å². The molecule has 3 rings (SSSR count). The summed E-state index contributed by atoms with van der Waals surface area (Å²) >= 11 is 0. The van der Waals surface area contributed by atoms with Crippen molar-refractivity contribution in [1.82, 2.24) is 9.97 Å². The molecule has 0 saturated heterocycles. The maximum absolute atomic E-state index is 11.8. The Hall–Kier alpha value is -3.88. The lowest BCUT2D eigenvalue weighted by atomic mass is 10.1. The van der Waals surface area contributed by atoms with Gasteiger partial charge in [-0.2, -0.15) is 0 Å². The van der Waals surface area contributed by atoms with Crippen molar-refractivity contribution in [3.63, 3.8) is 0 Å². The van der Waals surface area contributed by atoms with Gasteiger partial charge in [-0.1, -0.05) is 19.1 Å². The summed E-state index contributed by atoms with van der Waals surface area (Å²) in [6.07, 6.45) is 2.17. The number of benzene rings is 2. The van der Waals surface area contributed by atoms with E-state index in [4.69, 9.17) is 9.47 Å². The number of aromatic nitrogens is 2. The van der Waals surface area contributed by atoms with Crippen LogP contribution in [0.3, 0.4) is 0 Å². The second kappa shape index (κ2) is 8.87. The number of ether oxygens (including phenoxy) is 2.